The molecule has 0 fully saturated rings. The Hall–Kier alpha value is -2.30. The molecular weight excluding hydrogens is 281 g/mol. The summed E-state index contributed by atoms with van der Waals surface area (Å²) in [6, 6.07) is 11.9. The number of halogens is 3. The third-order valence-electron chi connectivity index (χ3n) is 2.93. The number of alkyl halides is 3. The van der Waals surface area contributed by atoms with Crippen molar-refractivity contribution in [2.75, 3.05) is 0 Å². The number of aldehydes is 1. The van der Waals surface area contributed by atoms with Gasteiger partial charge in [0.2, 0.25) is 0 Å². The van der Waals surface area contributed by atoms with Gasteiger partial charge in [0.25, 0.3) is 0 Å². The van der Waals surface area contributed by atoms with Crippen molar-refractivity contribution in [3.63, 3.8) is 0 Å². The molecule has 110 valence electrons. The molecular formula is C16H13F3O2. The first-order chi connectivity index (χ1) is 9.99. The summed E-state index contributed by atoms with van der Waals surface area (Å²) in [6.45, 7) is 0.186. The van der Waals surface area contributed by atoms with Gasteiger partial charge < -0.3 is 9.53 Å². The van der Waals surface area contributed by atoms with Crippen molar-refractivity contribution >= 4 is 6.29 Å². The Balaban J connectivity index is 1.95. The van der Waals surface area contributed by atoms with E-state index in [-0.39, 0.29) is 6.61 Å². The van der Waals surface area contributed by atoms with Crippen LogP contribution in [0.1, 0.15) is 16.7 Å². The Kier molecular flexibility index (Phi) is 4.62. The predicted molar refractivity (Wildman–Crippen MR) is 72.0 cm³/mol. The Morgan fingerprint density at radius 3 is 2.00 bits per heavy atom. The summed E-state index contributed by atoms with van der Waals surface area (Å²) >= 11 is 0. The van der Waals surface area contributed by atoms with Crippen LogP contribution in [-0.4, -0.2) is 6.29 Å². The van der Waals surface area contributed by atoms with E-state index in [1.54, 1.807) is 24.3 Å². The first-order valence-corrected chi connectivity index (χ1v) is 6.30. The molecule has 0 saturated carbocycles. The molecule has 2 aromatic carbocycles. The average molecular weight is 294 g/mol. The molecule has 5 heteroatoms. The number of carbonyl (C=O) groups is 1. The summed E-state index contributed by atoms with van der Waals surface area (Å²) < 4.78 is 42.7. The summed E-state index contributed by atoms with van der Waals surface area (Å²) in [5.74, 6) is 0.601. The second-order valence-electron chi connectivity index (χ2n) is 4.50. The monoisotopic (exact) mass is 294 g/mol. The van der Waals surface area contributed by atoms with Crippen molar-refractivity contribution in [1.29, 1.82) is 0 Å². The van der Waals surface area contributed by atoms with Gasteiger partial charge in [-0.25, -0.2) is 0 Å². The van der Waals surface area contributed by atoms with E-state index in [0.29, 0.717) is 17.7 Å². The first kappa shape index (κ1) is 15.1. The normalized spacial score (nSPS) is 11.2. The second-order valence-corrected chi connectivity index (χ2v) is 4.50. The third-order valence-corrected chi connectivity index (χ3v) is 2.93. The van der Waals surface area contributed by atoms with Crippen molar-refractivity contribution in [1.82, 2.24) is 0 Å². The summed E-state index contributed by atoms with van der Waals surface area (Å²) in [6.07, 6.45) is -3.16. The standard InChI is InChI=1S/C16H13F3O2/c17-16(18,19)14-5-1-13(2-6-14)11-21-15-7-3-12(4-8-15)9-10-20/h1-8,10H,9,11H2. The van der Waals surface area contributed by atoms with E-state index in [0.717, 1.165) is 24.0 Å². The summed E-state index contributed by atoms with van der Waals surface area (Å²) in [4.78, 5) is 10.4. The van der Waals surface area contributed by atoms with Gasteiger partial charge in [0.05, 0.1) is 5.56 Å². The molecule has 0 saturated heterocycles. The molecule has 21 heavy (non-hydrogen) atoms. The van der Waals surface area contributed by atoms with Crippen LogP contribution in [0.5, 0.6) is 5.75 Å². The van der Waals surface area contributed by atoms with Crippen LogP contribution in [0.15, 0.2) is 48.5 Å². The third kappa shape index (κ3) is 4.34. The van der Waals surface area contributed by atoms with Crippen LogP contribution in [-0.2, 0) is 24.0 Å². The van der Waals surface area contributed by atoms with Gasteiger partial charge in [-0.2, -0.15) is 13.2 Å². The topological polar surface area (TPSA) is 26.3 Å². The molecule has 0 radical (unpaired) electrons. The molecule has 2 aromatic rings. The maximum absolute atomic E-state index is 12.4. The molecule has 0 atom stereocenters. The molecule has 0 aliphatic rings. The molecule has 0 aliphatic carbocycles. The highest BCUT2D eigenvalue weighted by Gasteiger charge is 2.29. The zero-order valence-electron chi connectivity index (χ0n) is 11.1. The van der Waals surface area contributed by atoms with E-state index in [1.165, 1.54) is 12.1 Å². The van der Waals surface area contributed by atoms with E-state index in [4.69, 9.17) is 4.74 Å². The first-order valence-electron chi connectivity index (χ1n) is 6.30. The number of ether oxygens (including phenoxy) is 1. The van der Waals surface area contributed by atoms with Crippen LogP contribution in [0.3, 0.4) is 0 Å². The van der Waals surface area contributed by atoms with Crippen molar-refractivity contribution in [2.45, 2.75) is 19.2 Å². The fraction of sp³-hybridized carbons (Fsp3) is 0.188. The van der Waals surface area contributed by atoms with E-state index in [9.17, 15) is 18.0 Å². The van der Waals surface area contributed by atoms with Gasteiger partial charge in [-0.3, -0.25) is 0 Å². The maximum atomic E-state index is 12.4. The van der Waals surface area contributed by atoms with Gasteiger partial charge in [-0.1, -0.05) is 24.3 Å². The average Bonchev–Trinajstić information content (AvgIpc) is 2.46. The quantitative estimate of drug-likeness (QED) is 0.778. The highest BCUT2D eigenvalue weighted by atomic mass is 19.4. The van der Waals surface area contributed by atoms with Crippen molar-refractivity contribution < 1.29 is 22.7 Å². The van der Waals surface area contributed by atoms with E-state index in [2.05, 4.69) is 0 Å². The summed E-state index contributed by atoms with van der Waals surface area (Å²) in [7, 11) is 0. The molecule has 0 amide bonds. The number of carbonyl (C=O) groups excluding carboxylic acids is 1. The lowest BCUT2D eigenvalue weighted by molar-refractivity contribution is -0.137. The summed E-state index contributed by atoms with van der Waals surface area (Å²) in [5.41, 5.74) is 0.858. The van der Waals surface area contributed by atoms with Gasteiger partial charge in [-0.15, -0.1) is 0 Å². The lowest BCUT2D eigenvalue weighted by Gasteiger charge is -2.09. The second kappa shape index (κ2) is 6.43. The molecule has 0 aromatic heterocycles. The van der Waals surface area contributed by atoms with E-state index >= 15 is 0 Å². The minimum Gasteiger partial charge on any atom is -0.489 e. The Morgan fingerprint density at radius 2 is 1.48 bits per heavy atom. The zero-order chi connectivity index (χ0) is 15.3. The van der Waals surface area contributed by atoms with Crippen molar-refractivity contribution in [2.24, 2.45) is 0 Å². The minimum absolute atomic E-state index is 0.186. The SMILES string of the molecule is O=CCc1ccc(OCc2ccc(C(F)(F)F)cc2)cc1. The van der Waals surface area contributed by atoms with E-state index in [1.807, 2.05) is 0 Å². The lowest BCUT2D eigenvalue weighted by Crippen LogP contribution is -2.05. The molecule has 2 nitrogen and oxygen atoms in total. The highest BCUT2D eigenvalue weighted by Crippen LogP contribution is 2.29. The maximum Gasteiger partial charge on any atom is 0.416 e. The van der Waals surface area contributed by atoms with Gasteiger partial charge in [-0.05, 0) is 35.4 Å². The Morgan fingerprint density at radius 1 is 0.905 bits per heavy atom. The van der Waals surface area contributed by atoms with Crippen LogP contribution >= 0.6 is 0 Å². The molecule has 2 rings (SSSR count). The van der Waals surface area contributed by atoms with Crippen molar-refractivity contribution in [3.05, 3.63) is 65.2 Å². The van der Waals surface area contributed by atoms with Crippen LogP contribution in [0, 0.1) is 0 Å². The number of hydrogen-bond donors (Lipinski definition) is 0. The fourth-order valence-corrected chi connectivity index (χ4v) is 1.77. The predicted octanol–water partition coefficient (Wildman–Crippen LogP) is 4.03. The molecule has 0 N–H and O–H groups in total. The molecule has 0 unspecified atom stereocenters. The number of benzene rings is 2. The Bertz CT molecular complexity index is 586. The molecule has 0 spiro atoms. The number of hydrogen-bond acceptors (Lipinski definition) is 2. The van der Waals surface area contributed by atoms with Crippen LogP contribution in [0.2, 0.25) is 0 Å². The number of rotatable bonds is 5. The Labute approximate surface area is 120 Å². The van der Waals surface area contributed by atoms with E-state index < -0.39 is 11.7 Å². The largest absolute Gasteiger partial charge is 0.489 e. The summed E-state index contributed by atoms with van der Waals surface area (Å²) in [5, 5.41) is 0. The van der Waals surface area contributed by atoms with Gasteiger partial charge >= 0.3 is 6.18 Å². The highest BCUT2D eigenvalue weighted by molar-refractivity contribution is 5.55. The van der Waals surface area contributed by atoms with Gasteiger partial charge in [0.15, 0.2) is 0 Å². The van der Waals surface area contributed by atoms with Gasteiger partial charge in [0, 0.05) is 6.42 Å². The smallest absolute Gasteiger partial charge is 0.416 e. The van der Waals surface area contributed by atoms with Gasteiger partial charge in [0.1, 0.15) is 18.6 Å². The molecule has 0 bridgehead atoms. The van der Waals surface area contributed by atoms with Crippen LogP contribution in [0.4, 0.5) is 13.2 Å². The van der Waals surface area contributed by atoms with Crippen LogP contribution < -0.4 is 4.74 Å². The fourth-order valence-electron chi connectivity index (χ4n) is 1.77. The molecule has 0 aliphatic heterocycles. The van der Waals surface area contributed by atoms with Crippen molar-refractivity contribution in [3.8, 4) is 5.75 Å². The zero-order valence-corrected chi connectivity index (χ0v) is 11.1. The lowest BCUT2D eigenvalue weighted by atomic mass is 10.1. The molecule has 0 heterocycles. The van der Waals surface area contributed by atoms with Crippen LogP contribution in [0.25, 0.3) is 0 Å². The minimum atomic E-state index is -4.33.